The van der Waals surface area contributed by atoms with Crippen molar-refractivity contribution in [3.63, 3.8) is 0 Å². The first-order valence-corrected chi connectivity index (χ1v) is 3.69. The van der Waals surface area contributed by atoms with Gasteiger partial charge in [-0.05, 0) is 26.3 Å². The summed E-state index contributed by atoms with van der Waals surface area (Å²) in [7, 11) is 0. The molecule has 0 radical (unpaired) electrons. The zero-order chi connectivity index (χ0) is 8.48. The number of aromatic nitrogens is 2. The fraction of sp³-hybridized carbons (Fsp3) is 0.625. The number of hydrogen-bond acceptors (Lipinski definition) is 2. The molecule has 1 heterocycles. The molecule has 3 nitrogen and oxygen atoms in total. The van der Waals surface area contributed by atoms with Crippen LogP contribution in [0.1, 0.15) is 19.4 Å². The van der Waals surface area contributed by atoms with Gasteiger partial charge < -0.3 is 5.11 Å². The van der Waals surface area contributed by atoms with Gasteiger partial charge in [0.05, 0.1) is 18.3 Å². The van der Waals surface area contributed by atoms with E-state index in [-0.39, 0.29) is 0 Å². The number of aryl methyl sites for hydroxylation is 1. The Morgan fingerprint density at radius 1 is 1.64 bits per heavy atom. The molecule has 0 bridgehead atoms. The molecular weight excluding hydrogens is 140 g/mol. The Morgan fingerprint density at radius 3 is 2.64 bits per heavy atom. The Labute approximate surface area is 66.7 Å². The average Bonchev–Trinajstić information content (AvgIpc) is 2.10. The molecule has 0 atom stereocenters. The molecule has 0 aliphatic carbocycles. The topological polar surface area (TPSA) is 38.0 Å². The third-order valence-corrected chi connectivity index (χ3v) is 1.31. The minimum Gasteiger partial charge on any atom is -0.389 e. The van der Waals surface area contributed by atoms with Gasteiger partial charge in [0.15, 0.2) is 0 Å². The first-order chi connectivity index (χ1) is 4.97. The van der Waals surface area contributed by atoms with Crippen LogP contribution in [0.15, 0.2) is 12.4 Å². The third-order valence-electron chi connectivity index (χ3n) is 1.31. The van der Waals surface area contributed by atoms with Gasteiger partial charge in [-0.2, -0.15) is 5.10 Å². The summed E-state index contributed by atoms with van der Waals surface area (Å²) in [5.41, 5.74) is 0.438. The maximum absolute atomic E-state index is 9.42. The molecular formula is C8H14N2O. The van der Waals surface area contributed by atoms with Crippen LogP contribution in [0.5, 0.6) is 0 Å². The smallest absolute Gasteiger partial charge is 0.0786 e. The minimum atomic E-state index is -0.682. The highest BCUT2D eigenvalue weighted by Crippen LogP contribution is 2.05. The maximum Gasteiger partial charge on any atom is 0.0786 e. The van der Waals surface area contributed by atoms with Crippen molar-refractivity contribution in [2.75, 3.05) is 0 Å². The van der Waals surface area contributed by atoms with Crippen LogP contribution in [0, 0.1) is 6.92 Å². The number of rotatable bonds is 2. The molecule has 1 aromatic rings. The summed E-state index contributed by atoms with van der Waals surface area (Å²) in [6.07, 6.45) is 3.70. The Hall–Kier alpha value is -0.830. The molecule has 62 valence electrons. The van der Waals surface area contributed by atoms with Crippen molar-refractivity contribution in [3.8, 4) is 0 Å². The highest BCUT2D eigenvalue weighted by molar-refractivity contribution is 4.99. The molecule has 0 aliphatic heterocycles. The summed E-state index contributed by atoms with van der Waals surface area (Å²) < 4.78 is 1.75. The predicted molar refractivity (Wildman–Crippen MR) is 43.3 cm³/mol. The highest BCUT2D eigenvalue weighted by atomic mass is 16.3. The number of aliphatic hydroxyl groups is 1. The van der Waals surface area contributed by atoms with Crippen LogP contribution in [0.3, 0.4) is 0 Å². The summed E-state index contributed by atoms with van der Waals surface area (Å²) in [6, 6.07) is 0. The van der Waals surface area contributed by atoms with Gasteiger partial charge in [-0.3, -0.25) is 4.68 Å². The minimum absolute atomic E-state index is 0.542. The lowest BCUT2D eigenvalue weighted by molar-refractivity contribution is 0.0577. The van der Waals surface area contributed by atoms with Crippen molar-refractivity contribution >= 4 is 0 Å². The summed E-state index contributed by atoms with van der Waals surface area (Å²) in [6.45, 7) is 6.06. The zero-order valence-corrected chi connectivity index (χ0v) is 7.20. The Bertz CT molecular complexity index is 234. The van der Waals surface area contributed by atoms with Crippen LogP contribution in [-0.2, 0) is 6.54 Å². The Morgan fingerprint density at radius 2 is 2.27 bits per heavy atom. The maximum atomic E-state index is 9.42. The molecule has 3 heteroatoms. The first kappa shape index (κ1) is 8.27. The molecule has 0 unspecified atom stereocenters. The van der Waals surface area contributed by atoms with Crippen molar-refractivity contribution in [1.29, 1.82) is 0 Å². The van der Waals surface area contributed by atoms with E-state index in [1.54, 1.807) is 24.7 Å². The van der Waals surface area contributed by atoms with Gasteiger partial charge in [0.2, 0.25) is 0 Å². The molecule has 1 N–H and O–H groups in total. The molecule has 0 aromatic carbocycles. The molecule has 1 rings (SSSR count). The van der Waals surface area contributed by atoms with Crippen LogP contribution in [-0.4, -0.2) is 20.5 Å². The van der Waals surface area contributed by atoms with Crippen LogP contribution < -0.4 is 0 Å². The first-order valence-electron chi connectivity index (χ1n) is 3.69. The lowest BCUT2D eigenvalue weighted by Crippen LogP contribution is -2.26. The van der Waals surface area contributed by atoms with E-state index in [4.69, 9.17) is 0 Å². The summed E-state index contributed by atoms with van der Waals surface area (Å²) >= 11 is 0. The van der Waals surface area contributed by atoms with E-state index in [1.807, 2.05) is 13.1 Å². The summed E-state index contributed by atoms with van der Waals surface area (Å²) in [4.78, 5) is 0. The van der Waals surface area contributed by atoms with E-state index in [0.29, 0.717) is 6.54 Å². The molecule has 0 spiro atoms. The standard InChI is InChI=1S/C8H14N2O/c1-7-4-9-10(5-7)6-8(2,3)11/h4-5,11H,6H2,1-3H3. The van der Waals surface area contributed by atoms with Gasteiger partial charge in [0.1, 0.15) is 0 Å². The Kier molecular flexibility index (Phi) is 2.00. The second-order valence-electron chi connectivity index (χ2n) is 3.53. The van der Waals surface area contributed by atoms with Gasteiger partial charge in [0.25, 0.3) is 0 Å². The van der Waals surface area contributed by atoms with Crippen molar-refractivity contribution in [1.82, 2.24) is 9.78 Å². The summed E-state index contributed by atoms with van der Waals surface area (Å²) in [5.74, 6) is 0. The van der Waals surface area contributed by atoms with Crippen LogP contribution >= 0.6 is 0 Å². The second kappa shape index (κ2) is 2.66. The molecule has 11 heavy (non-hydrogen) atoms. The van der Waals surface area contributed by atoms with Crippen molar-refractivity contribution in [2.45, 2.75) is 32.9 Å². The SMILES string of the molecule is Cc1cnn(CC(C)(C)O)c1. The molecule has 1 aromatic heterocycles. The lowest BCUT2D eigenvalue weighted by Gasteiger charge is -2.16. The molecule has 0 saturated heterocycles. The van der Waals surface area contributed by atoms with Gasteiger partial charge in [-0.15, -0.1) is 0 Å². The zero-order valence-electron chi connectivity index (χ0n) is 7.20. The molecule has 0 amide bonds. The average molecular weight is 154 g/mol. The highest BCUT2D eigenvalue weighted by Gasteiger charge is 2.13. The molecule has 0 fully saturated rings. The van der Waals surface area contributed by atoms with Gasteiger partial charge in [-0.25, -0.2) is 0 Å². The number of nitrogens with zero attached hydrogens (tertiary/aromatic N) is 2. The molecule has 0 saturated carbocycles. The van der Waals surface area contributed by atoms with Gasteiger partial charge in [0, 0.05) is 6.20 Å². The van der Waals surface area contributed by atoms with Crippen molar-refractivity contribution in [3.05, 3.63) is 18.0 Å². The second-order valence-corrected chi connectivity index (χ2v) is 3.53. The normalized spacial score (nSPS) is 12.0. The third kappa shape index (κ3) is 2.72. The quantitative estimate of drug-likeness (QED) is 0.689. The van der Waals surface area contributed by atoms with E-state index < -0.39 is 5.60 Å². The van der Waals surface area contributed by atoms with Crippen molar-refractivity contribution in [2.24, 2.45) is 0 Å². The summed E-state index contributed by atoms with van der Waals surface area (Å²) in [5, 5.41) is 13.5. The van der Waals surface area contributed by atoms with Crippen LogP contribution in [0.25, 0.3) is 0 Å². The van der Waals surface area contributed by atoms with Crippen LogP contribution in [0.4, 0.5) is 0 Å². The van der Waals surface area contributed by atoms with Gasteiger partial charge >= 0.3 is 0 Å². The number of hydrogen-bond donors (Lipinski definition) is 1. The van der Waals surface area contributed by atoms with E-state index in [2.05, 4.69) is 5.10 Å². The predicted octanol–water partition coefficient (Wildman–Crippen LogP) is 0.962. The van der Waals surface area contributed by atoms with Crippen molar-refractivity contribution < 1.29 is 5.11 Å². The molecule has 0 aliphatic rings. The largest absolute Gasteiger partial charge is 0.389 e. The van der Waals surface area contributed by atoms with E-state index in [0.717, 1.165) is 5.56 Å². The van der Waals surface area contributed by atoms with Gasteiger partial charge in [-0.1, -0.05) is 0 Å². The van der Waals surface area contributed by atoms with E-state index in [1.165, 1.54) is 0 Å². The Balaban J connectivity index is 2.65. The fourth-order valence-corrected chi connectivity index (χ4v) is 0.950. The van der Waals surface area contributed by atoms with Crippen LogP contribution in [0.2, 0.25) is 0 Å². The van der Waals surface area contributed by atoms with E-state index in [9.17, 15) is 5.11 Å². The van der Waals surface area contributed by atoms with E-state index >= 15 is 0 Å². The fourth-order valence-electron chi connectivity index (χ4n) is 0.950. The lowest BCUT2D eigenvalue weighted by atomic mass is 10.1. The monoisotopic (exact) mass is 154 g/mol.